The molecule has 2 aromatic carbocycles. The second-order valence-electron chi connectivity index (χ2n) is 7.68. The minimum atomic E-state index is -0.763. The van der Waals surface area contributed by atoms with Crippen LogP contribution < -0.4 is 4.74 Å². The lowest BCUT2D eigenvalue weighted by molar-refractivity contribution is -0.0558. The molecule has 3 rings (SSSR count). The highest BCUT2D eigenvalue weighted by Gasteiger charge is 2.38. The van der Waals surface area contributed by atoms with Gasteiger partial charge in [0.2, 0.25) is 0 Å². The highest BCUT2D eigenvalue weighted by molar-refractivity contribution is 7.99. The Kier molecular flexibility index (Phi) is 7.03. The van der Waals surface area contributed by atoms with Gasteiger partial charge in [0.1, 0.15) is 12.0 Å². The summed E-state index contributed by atoms with van der Waals surface area (Å²) in [5.41, 5.74) is 0.552. The summed E-state index contributed by atoms with van der Waals surface area (Å²) in [4.78, 5) is 16.1. The standard InChI is InChI=1S/C23H29NO3S/c1-16(2)18-12-19(15-28-21-10-5-4-6-11-21)24(22(25)14-18)23(26)17-8-7-9-20(13-17)27-3/h4-11,13,16,18-19,22,25H,12,14-15H2,1-3H3/t18-,19-,22-/m1/s1. The van der Waals surface area contributed by atoms with E-state index < -0.39 is 6.23 Å². The lowest BCUT2D eigenvalue weighted by atomic mass is 9.82. The molecule has 1 heterocycles. The number of nitrogens with zero attached hydrogens (tertiary/aromatic N) is 1. The van der Waals surface area contributed by atoms with Gasteiger partial charge in [-0.3, -0.25) is 4.79 Å². The molecule has 1 saturated heterocycles. The maximum Gasteiger partial charge on any atom is 0.256 e. The van der Waals surface area contributed by atoms with Crippen molar-refractivity contribution in [3.8, 4) is 5.75 Å². The van der Waals surface area contributed by atoms with Crippen molar-refractivity contribution in [1.82, 2.24) is 4.90 Å². The number of hydrogen-bond acceptors (Lipinski definition) is 4. The van der Waals surface area contributed by atoms with E-state index >= 15 is 0 Å². The van der Waals surface area contributed by atoms with E-state index in [0.717, 1.165) is 12.2 Å². The summed E-state index contributed by atoms with van der Waals surface area (Å²) in [6.45, 7) is 4.39. The van der Waals surface area contributed by atoms with Gasteiger partial charge in [0.05, 0.1) is 7.11 Å². The van der Waals surface area contributed by atoms with Crippen molar-refractivity contribution in [2.24, 2.45) is 11.8 Å². The Morgan fingerprint density at radius 1 is 1.18 bits per heavy atom. The minimum Gasteiger partial charge on any atom is -0.497 e. The van der Waals surface area contributed by atoms with Gasteiger partial charge in [0.15, 0.2) is 0 Å². The van der Waals surface area contributed by atoms with Crippen LogP contribution in [-0.2, 0) is 0 Å². The summed E-state index contributed by atoms with van der Waals surface area (Å²) in [6, 6.07) is 17.4. The molecule has 0 radical (unpaired) electrons. The lowest BCUT2D eigenvalue weighted by Crippen LogP contribution is -2.54. The van der Waals surface area contributed by atoms with Crippen LogP contribution in [0.4, 0.5) is 0 Å². The number of carbonyl (C=O) groups excluding carboxylic acids is 1. The van der Waals surface area contributed by atoms with Crippen LogP contribution in [-0.4, -0.2) is 41.0 Å². The van der Waals surface area contributed by atoms with Crippen LogP contribution in [0.5, 0.6) is 5.75 Å². The topological polar surface area (TPSA) is 49.8 Å². The number of likely N-dealkylation sites (tertiary alicyclic amines) is 1. The Hall–Kier alpha value is -1.98. The van der Waals surface area contributed by atoms with E-state index in [1.54, 1.807) is 35.9 Å². The zero-order chi connectivity index (χ0) is 20.1. The molecule has 1 N–H and O–H groups in total. The summed E-state index contributed by atoms with van der Waals surface area (Å²) in [6.07, 6.45) is 0.769. The summed E-state index contributed by atoms with van der Waals surface area (Å²) < 4.78 is 5.26. The number of carbonyl (C=O) groups is 1. The Balaban J connectivity index is 1.82. The zero-order valence-corrected chi connectivity index (χ0v) is 17.6. The predicted molar refractivity (Wildman–Crippen MR) is 114 cm³/mol. The second kappa shape index (κ2) is 9.48. The molecule has 1 aliphatic heterocycles. The monoisotopic (exact) mass is 399 g/mol. The van der Waals surface area contributed by atoms with Crippen LogP contribution in [0, 0.1) is 11.8 Å². The van der Waals surface area contributed by atoms with E-state index in [9.17, 15) is 9.90 Å². The van der Waals surface area contributed by atoms with E-state index in [-0.39, 0.29) is 11.9 Å². The van der Waals surface area contributed by atoms with Gasteiger partial charge in [0, 0.05) is 22.3 Å². The highest BCUT2D eigenvalue weighted by atomic mass is 32.2. The van der Waals surface area contributed by atoms with Gasteiger partial charge in [-0.25, -0.2) is 0 Å². The number of amides is 1. The number of methoxy groups -OCH3 is 1. The average Bonchev–Trinajstić information content (AvgIpc) is 2.72. The predicted octanol–water partition coefficient (Wildman–Crippen LogP) is 4.68. The number of hydrogen-bond donors (Lipinski definition) is 1. The fraction of sp³-hybridized carbons (Fsp3) is 0.435. The van der Waals surface area contributed by atoms with Gasteiger partial charge < -0.3 is 14.7 Å². The Morgan fingerprint density at radius 3 is 2.61 bits per heavy atom. The number of rotatable bonds is 6. The van der Waals surface area contributed by atoms with E-state index in [4.69, 9.17) is 4.74 Å². The van der Waals surface area contributed by atoms with Crippen LogP contribution >= 0.6 is 11.8 Å². The number of aliphatic hydroxyl groups is 1. The van der Waals surface area contributed by atoms with Crippen molar-refractivity contribution in [1.29, 1.82) is 0 Å². The van der Waals surface area contributed by atoms with E-state index in [1.807, 2.05) is 30.3 Å². The normalized spacial score (nSPS) is 22.3. The Morgan fingerprint density at radius 2 is 1.93 bits per heavy atom. The van der Waals surface area contributed by atoms with Gasteiger partial charge in [-0.15, -0.1) is 11.8 Å². The van der Waals surface area contributed by atoms with E-state index in [0.29, 0.717) is 29.6 Å². The number of benzene rings is 2. The van der Waals surface area contributed by atoms with Crippen molar-refractivity contribution >= 4 is 17.7 Å². The highest BCUT2D eigenvalue weighted by Crippen LogP contribution is 2.35. The smallest absolute Gasteiger partial charge is 0.256 e. The van der Waals surface area contributed by atoms with Crippen LogP contribution in [0.3, 0.4) is 0 Å². The molecule has 0 saturated carbocycles. The van der Waals surface area contributed by atoms with E-state index in [2.05, 4.69) is 26.0 Å². The Bertz CT molecular complexity index is 780. The third-order valence-electron chi connectivity index (χ3n) is 5.48. The quantitative estimate of drug-likeness (QED) is 0.717. The number of piperidine rings is 1. The van der Waals surface area contributed by atoms with Crippen molar-refractivity contribution in [3.05, 3.63) is 60.2 Å². The summed E-state index contributed by atoms with van der Waals surface area (Å²) >= 11 is 1.74. The molecule has 0 aromatic heterocycles. The molecule has 2 aromatic rings. The first-order valence-corrected chi connectivity index (χ1v) is 10.8. The van der Waals surface area contributed by atoms with Gasteiger partial charge >= 0.3 is 0 Å². The zero-order valence-electron chi connectivity index (χ0n) is 16.7. The SMILES string of the molecule is COc1cccc(C(=O)N2[C@@H](CSc3ccccc3)C[C@@H](C(C)C)C[C@H]2O)c1. The van der Waals surface area contributed by atoms with Gasteiger partial charge in [-0.2, -0.15) is 0 Å². The maximum absolute atomic E-state index is 13.3. The molecule has 1 amide bonds. The minimum absolute atomic E-state index is 0.0138. The van der Waals surface area contributed by atoms with Gasteiger partial charge in [0.25, 0.3) is 5.91 Å². The molecular formula is C23H29NO3S. The fourth-order valence-electron chi connectivity index (χ4n) is 3.80. The summed E-state index contributed by atoms with van der Waals surface area (Å²) in [5.74, 6) is 2.17. The third-order valence-corrected chi connectivity index (χ3v) is 6.64. The average molecular weight is 400 g/mol. The number of thioether (sulfide) groups is 1. The van der Waals surface area contributed by atoms with Crippen LogP contribution in [0.25, 0.3) is 0 Å². The molecule has 0 aliphatic carbocycles. The first-order valence-electron chi connectivity index (χ1n) is 9.82. The molecule has 28 heavy (non-hydrogen) atoms. The van der Waals surface area contributed by atoms with Crippen LogP contribution in [0.2, 0.25) is 0 Å². The molecule has 3 atom stereocenters. The maximum atomic E-state index is 13.3. The molecule has 1 aliphatic rings. The first-order chi connectivity index (χ1) is 13.5. The second-order valence-corrected chi connectivity index (χ2v) is 8.77. The molecule has 1 fully saturated rings. The van der Waals surface area contributed by atoms with Crippen molar-refractivity contribution in [2.45, 2.75) is 43.9 Å². The summed E-state index contributed by atoms with van der Waals surface area (Å²) in [5, 5.41) is 10.9. The Labute approximate surface area is 171 Å². The molecule has 5 heteroatoms. The summed E-state index contributed by atoms with van der Waals surface area (Å²) in [7, 11) is 1.59. The van der Waals surface area contributed by atoms with E-state index in [1.165, 1.54) is 4.90 Å². The van der Waals surface area contributed by atoms with Gasteiger partial charge in [-0.1, -0.05) is 38.1 Å². The largest absolute Gasteiger partial charge is 0.497 e. The number of aliphatic hydroxyl groups excluding tert-OH is 1. The van der Waals surface area contributed by atoms with Crippen molar-refractivity contribution < 1.29 is 14.6 Å². The first kappa shape index (κ1) is 20.7. The van der Waals surface area contributed by atoms with Crippen molar-refractivity contribution in [3.63, 3.8) is 0 Å². The fourth-order valence-corrected chi connectivity index (χ4v) is 4.83. The molecule has 0 spiro atoms. The van der Waals surface area contributed by atoms with Crippen molar-refractivity contribution in [2.75, 3.05) is 12.9 Å². The molecule has 0 bridgehead atoms. The number of ether oxygens (including phenoxy) is 1. The molecule has 0 unspecified atom stereocenters. The molecule has 4 nitrogen and oxygen atoms in total. The van der Waals surface area contributed by atoms with Crippen LogP contribution in [0.15, 0.2) is 59.5 Å². The van der Waals surface area contributed by atoms with Gasteiger partial charge in [-0.05, 0) is 55.0 Å². The lowest BCUT2D eigenvalue weighted by Gasteiger charge is -2.44. The van der Waals surface area contributed by atoms with Crippen LogP contribution in [0.1, 0.15) is 37.0 Å². The third kappa shape index (κ3) is 4.89. The molecule has 150 valence electrons. The molecular weight excluding hydrogens is 370 g/mol.